The number of aromatic amines is 1. The van der Waals surface area contributed by atoms with Crippen LogP contribution in [0.4, 0.5) is 0 Å². The summed E-state index contributed by atoms with van der Waals surface area (Å²) in [6, 6.07) is 6.85. The van der Waals surface area contributed by atoms with Gasteiger partial charge in [-0.2, -0.15) is 0 Å². The smallest absolute Gasteiger partial charge is 0.276 e. The molecule has 0 spiro atoms. The number of hydrogen-bond acceptors (Lipinski definition) is 5. The van der Waals surface area contributed by atoms with Gasteiger partial charge in [-0.05, 0) is 24.3 Å². The number of carbonyl (C=O) groups excluding carboxylic acids is 1. The van der Waals surface area contributed by atoms with E-state index in [9.17, 15) is 9.90 Å². The van der Waals surface area contributed by atoms with Crippen LogP contribution in [0.1, 0.15) is 21.9 Å². The first-order valence-electron chi connectivity index (χ1n) is 7.64. The maximum atomic E-state index is 12.6. The monoisotopic (exact) mass is 321 g/mol. The Kier molecular flexibility index (Phi) is 3.45. The average Bonchev–Trinajstić information content (AvgIpc) is 3.05. The summed E-state index contributed by atoms with van der Waals surface area (Å²) in [6.07, 6.45) is 5.62. The number of hydrogen-bond donors (Lipinski definition) is 2. The lowest BCUT2D eigenvalue weighted by Crippen LogP contribution is -2.36. The van der Waals surface area contributed by atoms with Crippen LogP contribution < -0.4 is 0 Å². The van der Waals surface area contributed by atoms with Crippen LogP contribution in [0.3, 0.4) is 0 Å². The minimum Gasteiger partial charge on any atom is -0.505 e. The zero-order valence-corrected chi connectivity index (χ0v) is 12.8. The van der Waals surface area contributed by atoms with Crippen molar-refractivity contribution in [3.05, 3.63) is 59.9 Å². The normalized spacial score (nSPS) is 13.6. The Labute approximate surface area is 138 Å². The summed E-state index contributed by atoms with van der Waals surface area (Å²) in [7, 11) is 0. The number of nitrogens with one attached hydrogen (secondary N) is 1. The fraction of sp³-hybridized carbons (Fsp3) is 0.176. The predicted octanol–water partition coefficient (Wildman–Crippen LogP) is 1.77. The van der Waals surface area contributed by atoms with Crippen molar-refractivity contribution < 1.29 is 9.90 Å². The van der Waals surface area contributed by atoms with Gasteiger partial charge in [-0.25, -0.2) is 9.97 Å². The van der Waals surface area contributed by atoms with E-state index in [0.29, 0.717) is 19.5 Å². The first-order valence-corrected chi connectivity index (χ1v) is 7.64. The van der Waals surface area contributed by atoms with Crippen molar-refractivity contribution in [1.29, 1.82) is 0 Å². The largest absolute Gasteiger partial charge is 0.505 e. The molecule has 0 aliphatic carbocycles. The molecule has 7 heteroatoms. The number of imidazole rings is 1. The highest BCUT2D eigenvalue weighted by Gasteiger charge is 2.26. The van der Waals surface area contributed by atoms with Gasteiger partial charge >= 0.3 is 0 Å². The highest BCUT2D eigenvalue weighted by Crippen LogP contribution is 2.24. The van der Waals surface area contributed by atoms with E-state index in [2.05, 4.69) is 19.9 Å². The van der Waals surface area contributed by atoms with Crippen LogP contribution in [-0.2, 0) is 13.0 Å². The third-order valence-corrected chi connectivity index (χ3v) is 4.04. The maximum Gasteiger partial charge on any atom is 0.276 e. The van der Waals surface area contributed by atoms with Crippen LogP contribution in [0.2, 0.25) is 0 Å². The molecule has 4 heterocycles. The number of aromatic hydroxyl groups is 1. The number of fused-ring (bicyclic) bond motifs is 1. The van der Waals surface area contributed by atoms with Crippen LogP contribution >= 0.6 is 0 Å². The fourth-order valence-corrected chi connectivity index (χ4v) is 2.82. The Balaban J connectivity index is 1.59. The van der Waals surface area contributed by atoms with Crippen molar-refractivity contribution in [2.75, 3.05) is 6.54 Å². The predicted molar refractivity (Wildman–Crippen MR) is 86.2 cm³/mol. The molecular formula is C17H15N5O2. The number of H-pyrrole nitrogens is 1. The van der Waals surface area contributed by atoms with Crippen molar-refractivity contribution in [2.24, 2.45) is 0 Å². The standard InChI is InChI=1S/C17H15N5O2/c23-14-4-2-7-19-15(14)17(24)22-8-5-12-13(10-22)21-16(20-12)11-3-1-6-18-9-11/h1-4,6-7,9,23H,5,8,10H2,(H,20,21). The quantitative estimate of drug-likeness (QED) is 0.750. The molecule has 0 saturated heterocycles. The first-order chi connectivity index (χ1) is 11.7. The molecule has 1 amide bonds. The van der Waals surface area contributed by atoms with E-state index in [1.807, 2.05) is 12.1 Å². The molecule has 3 aromatic heterocycles. The highest BCUT2D eigenvalue weighted by molar-refractivity contribution is 5.94. The lowest BCUT2D eigenvalue weighted by atomic mass is 10.1. The number of carbonyl (C=O) groups is 1. The lowest BCUT2D eigenvalue weighted by Gasteiger charge is -2.26. The SMILES string of the molecule is O=C(c1ncccc1O)N1CCc2nc(-c3cccnc3)[nH]c2C1. The van der Waals surface area contributed by atoms with Crippen molar-refractivity contribution in [3.8, 4) is 17.1 Å². The van der Waals surface area contributed by atoms with Gasteiger partial charge in [0.25, 0.3) is 5.91 Å². The van der Waals surface area contributed by atoms with E-state index >= 15 is 0 Å². The zero-order valence-electron chi connectivity index (χ0n) is 12.8. The van der Waals surface area contributed by atoms with Gasteiger partial charge in [0.1, 0.15) is 11.6 Å². The summed E-state index contributed by atoms with van der Waals surface area (Å²) in [5, 5.41) is 9.82. The first kappa shape index (κ1) is 14.4. The minimum absolute atomic E-state index is 0.0768. The van der Waals surface area contributed by atoms with Gasteiger partial charge in [0.2, 0.25) is 0 Å². The topological polar surface area (TPSA) is 95.0 Å². The summed E-state index contributed by atoms with van der Waals surface area (Å²) >= 11 is 0. The van der Waals surface area contributed by atoms with E-state index < -0.39 is 0 Å². The number of pyridine rings is 2. The van der Waals surface area contributed by atoms with Gasteiger partial charge in [-0.3, -0.25) is 9.78 Å². The molecule has 0 atom stereocenters. The van der Waals surface area contributed by atoms with E-state index in [0.717, 1.165) is 22.8 Å². The van der Waals surface area contributed by atoms with E-state index in [1.54, 1.807) is 23.4 Å². The summed E-state index contributed by atoms with van der Waals surface area (Å²) in [5.41, 5.74) is 2.85. The third-order valence-electron chi connectivity index (χ3n) is 4.04. The maximum absolute atomic E-state index is 12.6. The summed E-state index contributed by atoms with van der Waals surface area (Å²) in [4.78, 5) is 30.2. The molecule has 24 heavy (non-hydrogen) atoms. The molecule has 0 unspecified atom stereocenters. The molecule has 0 fully saturated rings. The van der Waals surface area contributed by atoms with Gasteiger partial charge in [-0.15, -0.1) is 0 Å². The van der Waals surface area contributed by atoms with Gasteiger partial charge in [0, 0.05) is 37.1 Å². The van der Waals surface area contributed by atoms with Crippen molar-refractivity contribution in [1.82, 2.24) is 24.8 Å². The molecule has 0 bridgehead atoms. The molecule has 0 aromatic carbocycles. The van der Waals surface area contributed by atoms with Gasteiger partial charge in [0.15, 0.2) is 5.69 Å². The summed E-state index contributed by atoms with van der Waals surface area (Å²) < 4.78 is 0. The molecule has 0 saturated carbocycles. The zero-order chi connectivity index (χ0) is 16.5. The van der Waals surface area contributed by atoms with Gasteiger partial charge < -0.3 is 15.0 Å². The van der Waals surface area contributed by atoms with E-state index in [4.69, 9.17) is 0 Å². The molecule has 4 rings (SSSR count). The second kappa shape index (κ2) is 5.77. The van der Waals surface area contributed by atoms with E-state index in [-0.39, 0.29) is 17.4 Å². The highest BCUT2D eigenvalue weighted by atomic mass is 16.3. The molecule has 3 aromatic rings. The fourth-order valence-electron chi connectivity index (χ4n) is 2.82. The van der Waals surface area contributed by atoms with Crippen LogP contribution in [0.25, 0.3) is 11.4 Å². The number of aromatic nitrogens is 4. The summed E-state index contributed by atoms with van der Waals surface area (Å²) in [6.45, 7) is 0.955. The lowest BCUT2D eigenvalue weighted by molar-refractivity contribution is 0.0722. The van der Waals surface area contributed by atoms with Gasteiger partial charge in [0.05, 0.1) is 17.9 Å². The molecule has 1 aliphatic heterocycles. The second-order valence-electron chi connectivity index (χ2n) is 5.60. The number of rotatable bonds is 2. The molecular weight excluding hydrogens is 306 g/mol. The molecule has 0 radical (unpaired) electrons. The molecule has 7 nitrogen and oxygen atoms in total. The Bertz CT molecular complexity index is 891. The summed E-state index contributed by atoms with van der Waals surface area (Å²) in [5.74, 6) is 0.369. The van der Waals surface area contributed by atoms with Crippen molar-refractivity contribution in [3.63, 3.8) is 0 Å². The minimum atomic E-state index is -0.281. The number of nitrogens with zero attached hydrogens (tertiary/aromatic N) is 4. The average molecular weight is 321 g/mol. The molecule has 1 aliphatic rings. The van der Waals surface area contributed by atoms with Crippen LogP contribution in [-0.4, -0.2) is 42.4 Å². The number of amides is 1. The van der Waals surface area contributed by atoms with Crippen LogP contribution in [0.15, 0.2) is 42.9 Å². The molecule has 2 N–H and O–H groups in total. The van der Waals surface area contributed by atoms with Crippen LogP contribution in [0, 0.1) is 0 Å². The third kappa shape index (κ3) is 2.50. The molecule has 120 valence electrons. The van der Waals surface area contributed by atoms with Gasteiger partial charge in [-0.1, -0.05) is 0 Å². The Hall–Kier alpha value is -3.22. The van der Waals surface area contributed by atoms with Crippen molar-refractivity contribution in [2.45, 2.75) is 13.0 Å². The Morgan fingerprint density at radius 3 is 2.92 bits per heavy atom. The van der Waals surface area contributed by atoms with Crippen molar-refractivity contribution >= 4 is 5.91 Å². The van der Waals surface area contributed by atoms with Crippen LogP contribution in [0.5, 0.6) is 5.75 Å². The van der Waals surface area contributed by atoms with E-state index in [1.165, 1.54) is 12.3 Å². The Morgan fingerprint density at radius 1 is 1.25 bits per heavy atom. The second-order valence-corrected chi connectivity index (χ2v) is 5.60. The Morgan fingerprint density at radius 2 is 2.12 bits per heavy atom.